The molecule has 0 radical (unpaired) electrons. The van der Waals surface area contributed by atoms with E-state index >= 15 is 0 Å². The van der Waals surface area contributed by atoms with Crippen LogP contribution in [0.3, 0.4) is 0 Å². The molecule has 0 unspecified atom stereocenters. The monoisotopic (exact) mass is 359 g/mol. The summed E-state index contributed by atoms with van der Waals surface area (Å²) in [6.07, 6.45) is 5.93. The van der Waals surface area contributed by atoms with Gasteiger partial charge in [0.15, 0.2) is 0 Å². The van der Waals surface area contributed by atoms with Crippen molar-refractivity contribution in [3.05, 3.63) is 52.2 Å². The van der Waals surface area contributed by atoms with E-state index in [2.05, 4.69) is 16.0 Å². The summed E-state index contributed by atoms with van der Waals surface area (Å²) in [7, 11) is 0. The average molecular weight is 359 g/mol. The molecule has 2 aliphatic rings. The highest BCUT2D eigenvalue weighted by atomic mass is 32.1. The Kier molecular flexibility index (Phi) is 4.81. The van der Waals surface area contributed by atoms with Gasteiger partial charge in [-0.3, -0.25) is 14.7 Å². The maximum absolute atomic E-state index is 13.7. The van der Waals surface area contributed by atoms with Gasteiger partial charge in [0.1, 0.15) is 10.7 Å². The van der Waals surface area contributed by atoms with Gasteiger partial charge in [0, 0.05) is 32.0 Å². The van der Waals surface area contributed by atoms with Crippen LogP contribution in [0, 0.1) is 17.7 Å². The van der Waals surface area contributed by atoms with Crippen molar-refractivity contribution in [2.24, 2.45) is 11.8 Å². The smallest absolute Gasteiger partial charge is 0.266 e. The molecule has 0 N–H and O–H groups in total. The molecule has 0 bridgehead atoms. The lowest BCUT2D eigenvalue weighted by molar-refractivity contribution is 0.0780. The molecule has 2 aromatic heterocycles. The van der Waals surface area contributed by atoms with Gasteiger partial charge in [-0.15, -0.1) is 11.3 Å². The SMILES string of the molecule is O=C(c1sccc1F)N1C[C@H]2CCN(Cc3cccnc3)CC[C@H]2C1. The first kappa shape index (κ1) is 16.7. The Hall–Kier alpha value is -1.79. The van der Waals surface area contributed by atoms with E-state index in [0.717, 1.165) is 45.6 Å². The molecule has 4 nitrogen and oxygen atoms in total. The number of likely N-dealkylation sites (tertiary alicyclic amines) is 2. The number of amides is 1. The minimum Gasteiger partial charge on any atom is -0.337 e. The van der Waals surface area contributed by atoms with Crippen LogP contribution in [0.15, 0.2) is 36.0 Å². The van der Waals surface area contributed by atoms with Crippen molar-refractivity contribution in [1.29, 1.82) is 0 Å². The number of fused-ring (bicyclic) bond motifs is 1. The summed E-state index contributed by atoms with van der Waals surface area (Å²) in [5.41, 5.74) is 1.25. The summed E-state index contributed by atoms with van der Waals surface area (Å²) < 4.78 is 13.7. The highest BCUT2D eigenvalue weighted by Gasteiger charge is 2.37. The average Bonchev–Trinajstić information content (AvgIpc) is 3.19. The number of halogens is 1. The van der Waals surface area contributed by atoms with Crippen LogP contribution in [0.25, 0.3) is 0 Å². The molecule has 2 aliphatic heterocycles. The van der Waals surface area contributed by atoms with E-state index in [9.17, 15) is 9.18 Å². The van der Waals surface area contributed by atoms with Crippen molar-refractivity contribution in [3.63, 3.8) is 0 Å². The molecule has 0 aliphatic carbocycles. The number of hydrogen-bond donors (Lipinski definition) is 0. The number of nitrogens with zero attached hydrogens (tertiary/aromatic N) is 3. The van der Waals surface area contributed by atoms with Crippen LogP contribution in [0.2, 0.25) is 0 Å². The predicted octanol–water partition coefficient (Wildman–Crippen LogP) is 3.27. The summed E-state index contributed by atoms with van der Waals surface area (Å²) in [6.45, 7) is 4.57. The topological polar surface area (TPSA) is 36.4 Å². The van der Waals surface area contributed by atoms with E-state index in [1.165, 1.54) is 23.0 Å². The van der Waals surface area contributed by atoms with E-state index < -0.39 is 0 Å². The second-order valence-corrected chi connectivity index (χ2v) is 7.96. The lowest BCUT2D eigenvalue weighted by atomic mass is 9.92. The Balaban J connectivity index is 1.36. The van der Waals surface area contributed by atoms with Crippen molar-refractivity contribution in [3.8, 4) is 0 Å². The molecule has 0 saturated carbocycles. The third-order valence-electron chi connectivity index (χ3n) is 5.44. The molecule has 4 heterocycles. The molecule has 25 heavy (non-hydrogen) atoms. The molecule has 0 spiro atoms. The van der Waals surface area contributed by atoms with Crippen molar-refractivity contribution >= 4 is 17.2 Å². The number of thiophene rings is 1. The first-order valence-corrected chi connectivity index (χ1v) is 9.72. The van der Waals surface area contributed by atoms with Crippen molar-refractivity contribution in [1.82, 2.24) is 14.8 Å². The quantitative estimate of drug-likeness (QED) is 0.844. The van der Waals surface area contributed by atoms with Gasteiger partial charge in [-0.05, 0) is 60.8 Å². The number of aromatic nitrogens is 1. The predicted molar refractivity (Wildman–Crippen MR) is 95.9 cm³/mol. The molecule has 2 aromatic rings. The van der Waals surface area contributed by atoms with Gasteiger partial charge in [-0.2, -0.15) is 0 Å². The Morgan fingerprint density at radius 3 is 2.60 bits per heavy atom. The summed E-state index contributed by atoms with van der Waals surface area (Å²) in [4.78, 5) is 21.3. The number of pyridine rings is 1. The molecule has 2 saturated heterocycles. The molecule has 132 valence electrons. The van der Waals surface area contributed by atoms with E-state index in [-0.39, 0.29) is 16.6 Å². The minimum absolute atomic E-state index is 0.132. The van der Waals surface area contributed by atoms with Gasteiger partial charge < -0.3 is 4.90 Å². The second-order valence-electron chi connectivity index (χ2n) is 7.04. The van der Waals surface area contributed by atoms with Crippen LogP contribution in [0.4, 0.5) is 4.39 Å². The van der Waals surface area contributed by atoms with E-state index in [4.69, 9.17) is 0 Å². The van der Waals surface area contributed by atoms with Gasteiger partial charge >= 0.3 is 0 Å². The standard InChI is InChI=1S/C19H22FN3OS/c20-17-5-9-25-18(17)19(24)23-12-15-3-7-22(8-4-16(15)13-23)11-14-2-1-6-21-10-14/h1-2,5-6,9-10,15-16H,3-4,7-8,11-13H2/t15-,16+. The number of hydrogen-bond acceptors (Lipinski definition) is 4. The van der Waals surface area contributed by atoms with Gasteiger partial charge in [0.2, 0.25) is 0 Å². The summed E-state index contributed by atoms with van der Waals surface area (Å²) in [5, 5.41) is 1.65. The number of carbonyl (C=O) groups is 1. The normalized spacial score (nSPS) is 24.1. The first-order valence-electron chi connectivity index (χ1n) is 8.84. The molecule has 2 fully saturated rings. The molecular formula is C19H22FN3OS. The fourth-order valence-corrected chi connectivity index (χ4v) is 4.80. The highest BCUT2D eigenvalue weighted by molar-refractivity contribution is 7.12. The second kappa shape index (κ2) is 7.22. The Morgan fingerprint density at radius 1 is 1.24 bits per heavy atom. The van der Waals surface area contributed by atoms with E-state index in [0.29, 0.717) is 11.8 Å². The fraction of sp³-hybridized carbons (Fsp3) is 0.474. The molecule has 6 heteroatoms. The van der Waals surface area contributed by atoms with Crippen molar-refractivity contribution < 1.29 is 9.18 Å². The highest BCUT2D eigenvalue weighted by Crippen LogP contribution is 2.33. The number of rotatable bonds is 3. The Morgan fingerprint density at radius 2 is 2.00 bits per heavy atom. The van der Waals surface area contributed by atoms with Gasteiger partial charge in [0.05, 0.1) is 0 Å². The molecule has 1 amide bonds. The maximum Gasteiger partial charge on any atom is 0.266 e. The Labute approximate surface area is 151 Å². The van der Waals surface area contributed by atoms with Gasteiger partial charge in [-0.25, -0.2) is 4.39 Å². The van der Waals surface area contributed by atoms with Crippen LogP contribution in [0.5, 0.6) is 0 Å². The van der Waals surface area contributed by atoms with Crippen molar-refractivity contribution in [2.45, 2.75) is 19.4 Å². The zero-order valence-electron chi connectivity index (χ0n) is 14.1. The Bertz CT molecular complexity index is 719. The fourth-order valence-electron chi connectivity index (χ4n) is 4.07. The van der Waals surface area contributed by atoms with Crippen LogP contribution >= 0.6 is 11.3 Å². The molecule has 0 aromatic carbocycles. The van der Waals surface area contributed by atoms with Crippen LogP contribution < -0.4 is 0 Å². The molecule has 4 rings (SSSR count). The maximum atomic E-state index is 13.7. The third kappa shape index (κ3) is 3.60. The van der Waals surface area contributed by atoms with Crippen LogP contribution in [0.1, 0.15) is 28.1 Å². The summed E-state index contributed by atoms with van der Waals surface area (Å²) in [5.74, 6) is 0.550. The lowest BCUT2D eigenvalue weighted by Crippen LogP contribution is -2.31. The zero-order valence-corrected chi connectivity index (χ0v) is 14.9. The van der Waals surface area contributed by atoms with Crippen molar-refractivity contribution in [2.75, 3.05) is 26.2 Å². The van der Waals surface area contributed by atoms with E-state index in [1.54, 1.807) is 11.6 Å². The number of carbonyl (C=O) groups excluding carboxylic acids is 1. The van der Waals surface area contributed by atoms with Crippen LogP contribution in [-0.4, -0.2) is 46.9 Å². The van der Waals surface area contributed by atoms with Gasteiger partial charge in [0.25, 0.3) is 5.91 Å². The van der Waals surface area contributed by atoms with Gasteiger partial charge in [-0.1, -0.05) is 6.07 Å². The molecular weight excluding hydrogens is 337 g/mol. The largest absolute Gasteiger partial charge is 0.337 e. The zero-order chi connectivity index (χ0) is 17.2. The minimum atomic E-state index is -0.385. The summed E-state index contributed by atoms with van der Waals surface area (Å²) in [6, 6.07) is 5.48. The third-order valence-corrected chi connectivity index (χ3v) is 6.31. The van der Waals surface area contributed by atoms with Crippen LogP contribution in [-0.2, 0) is 6.54 Å². The van der Waals surface area contributed by atoms with E-state index in [1.807, 2.05) is 17.2 Å². The summed E-state index contributed by atoms with van der Waals surface area (Å²) >= 11 is 1.20. The first-order chi connectivity index (χ1) is 12.2. The molecule has 2 atom stereocenters. The lowest BCUT2D eigenvalue weighted by Gasteiger charge is -2.21.